The molecule has 2 aromatic rings. The van der Waals surface area contributed by atoms with Crippen LogP contribution in [0.1, 0.15) is 27.9 Å². The molecule has 1 aromatic heterocycles. The zero-order valence-electron chi connectivity index (χ0n) is 17.3. The smallest absolute Gasteiger partial charge is 0.472 e. The van der Waals surface area contributed by atoms with Crippen molar-refractivity contribution in [3.63, 3.8) is 0 Å². The molecule has 12 nitrogen and oxygen atoms in total. The number of phosphoric ester groups is 1. The average Bonchev–Trinajstić information content (AvgIpc) is 2.99. The van der Waals surface area contributed by atoms with Crippen LogP contribution in [-0.2, 0) is 13.8 Å². The summed E-state index contributed by atoms with van der Waals surface area (Å²) in [5, 5.41) is 10.7. The second kappa shape index (κ2) is 9.84. The second-order valence-corrected chi connectivity index (χ2v) is 7.45. The Hall–Kier alpha value is -3.05. The molecule has 170 valence electrons. The number of carbonyl (C=O) groups excluding carboxylic acids is 2. The molecule has 0 atom stereocenters. The summed E-state index contributed by atoms with van der Waals surface area (Å²) in [4.78, 5) is 44.4. The number of ether oxygens (including phenoxy) is 3. The number of carbonyl (C=O) groups is 2. The zero-order valence-corrected chi connectivity index (χ0v) is 18.2. The van der Waals surface area contributed by atoms with Crippen LogP contribution in [0.5, 0.6) is 17.2 Å². The molecule has 1 amide bonds. The van der Waals surface area contributed by atoms with Gasteiger partial charge in [0, 0.05) is 19.8 Å². The molecule has 0 saturated carbocycles. The molecule has 1 heterocycles. The van der Waals surface area contributed by atoms with E-state index in [0.29, 0.717) is 5.75 Å². The van der Waals surface area contributed by atoms with Crippen molar-refractivity contribution < 1.29 is 47.8 Å². The quantitative estimate of drug-likeness (QED) is 0.286. The van der Waals surface area contributed by atoms with E-state index < -0.39 is 43.7 Å². The van der Waals surface area contributed by atoms with Crippen LogP contribution < -0.4 is 9.47 Å². The summed E-state index contributed by atoms with van der Waals surface area (Å²) in [5.41, 5.74) is -0.413. The van der Waals surface area contributed by atoms with Crippen molar-refractivity contribution in [2.45, 2.75) is 6.92 Å². The van der Waals surface area contributed by atoms with Gasteiger partial charge in [-0.15, -0.1) is 0 Å². The predicted molar refractivity (Wildman–Crippen MR) is 107 cm³/mol. The largest absolute Gasteiger partial charge is 0.503 e. The number of amides is 1. The van der Waals surface area contributed by atoms with Crippen LogP contribution in [0.3, 0.4) is 0 Å². The lowest BCUT2D eigenvalue weighted by atomic mass is 10.2. The number of aromatic nitrogens is 1. The Morgan fingerprint density at radius 3 is 2.23 bits per heavy atom. The first-order valence-corrected chi connectivity index (χ1v) is 10.4. The number of hydrogen-bond donors (Lipinski definition) is 3. The molecule has 1 aromatic carbocycles. The number of phosphoric acid groups is 1. The maximum atomic E-state index is 12.9. The summed E-state index contributed by atoms with van der Waals surface area (Å²) in [6.07, 6.45) is 0. The van der Waals surface area contributed by atoms with Crippen molar-refractivity contribution >= 4 is 19.7 Å². The molecular formula is C18H23N2O10P. The van der Waals surface area contributed by atoms with E-state index in [2.05, 4.69) is 4.52 Å². The summed E-state index contributed by atoms with van der Waals surface area (Å²) in [6.45, 7) is 0.549. The number of nitrogens with zero attached hydrogens (tertiary/aromatic N) is 2. The van der Waals surface area contributed by atoms with Gasteiger partial charge in [-0.1, -0.05) is 0 Å². The Labute approximate surface area is 177 Å². The number of methoxy groups -OCH3 is 1. The Morgan fingerprint density at radius 2 is 1.74 bits per heavy atom. The minimum absolute atomic E-state index is 0.0134. The summed E-state index contributed by atoms with van der Waals surface area (Å²) >= 11 is 0. The highest BCUT2D eigenvalue weighted by atomic mass is 31.2. The predicted octanol–water partition coefficient (Wildman–Crippen LogP) is 1.52. The summed E-state index contributed by atoms with van der Waals surface area (Å²) in [7, 11) is -0.555. The van der Waals surface area contributed by atoms with Gasteiger partial charge in [-0.2, -0.15) is 0 Å². The molecule has 0 spiro atoms. The van der Waals surface area contributed by atoms with Crippen molar-refractivity contribution in [2.75, 3.05) is 34.6 Å². The van der Waals surface area contributed by atoms with Gasteiger partial charge in [0.05, 0.1) is 13.7 Å². The Bertz CT molecular complexity index is 994. The fourth-order valence-corrected chi connectivity index (χ4v) is 2.80. The zero-order chi connectivity index (χ0) is 23.3. The maximum absolute atomic E-state index is 12.9. The molecule has 0 radical (unpaired) electrons. The molecule has 0 aliphatic carbocycles. The Morgan fingerprint density at radius 1 is 1.13 bits per heavy atom. The van der Waals surface area contributed by atoms with Crippen molar-refractivity contribution in [3.05, 3.63) is 35.7 Å². The van der Waals surface area contributed by atoms with Gasteiger partial charge in [0.25, 0.3) is 5.91 Å². The van der Waals surface area contributed by atoms with Gasteiger partial charge in [-0.3, -0.25) is 9.36 Å². The van der Waals surface area contributed by atoms with Gasteiger partial charge in [0.15, 0.2) is 22.9 Å². The normalized spacial score (nSPS) is 11.2. The van der Waals surface area contributed by atoms with E-state index in [-0.39, 0.29) is 18.0 Å². The molecule has 0 fully saturated rings. The van der Waals surface area contributed by atoms with E-state index in [4.69, 9.17) is 24.0 Å². The van der Waals surface area contributed by atoms with Crippen LogP contribution in [-0.4, -0.2) is 70.8 Å². The molecule has 0 saturated heterocycles. The molecular weight excluding hydrogens is 435 g/mol. The van der Waals surface area contributed by atoms with Crippen LogP contribution in [0.4, 0.5) is 0 Å². The monoisotopic (exact) mass is 458 g/mol. The average molecular weight is 458 g/mol. The van der Waals surface area contributed by atoms with Gasteiger partial charge in [-0.05, 0) is 31.2 Å². The molecule has 0 aliphatic rings. The van der Waals surface area contributed by atoms with Gasteiger partial charge < -0.3 is 34.0 Å². The standard InChI is InChI=1S/C18H23N2O10P/c1-5-28-18(23)13-15(21)16(29-10-30-31(24,25)26)14(17(22)19(2)3)20(13)11-6-8-12(27-4)9-7-11/h6-9,21H,5,10H2,1-4H3,(H2,24,25,26). The third-order valence-electron chi connectivity index (χ3n) is 3.93. The molecule has 0 aliphatic heterocycles. The number of benzene rings is 1. The number of aromatic hydroxyl groups is 1. The van der Waals surface area contributed by atoms with Crippen molar-refractivity contribution in [3.8, 4) is 22.9 Å². The Balaban J connectivity index is 2.75. The van der Waals surface area contributed by atoms with Crippen LogP contribution in [0.25, 0.3) is 5.69 Å². The van der Waals surface area contributed by atoms with Crippen molar-refractivity contribution in [1.82, 2.24) is 9.47 Å². The van der Waals surface area contributed by atoms with E-state index in [9.17, 15) is 19.3 Å². The van der Waals surface area contributed by atoms with Gasteiger partial charge >= 0.3 is 13.8 Å². The first-order valence-electron chi connectivity index (χ1n) is 8.85. The first-order chi connectivity index (χ1) is 14.5. The van der Waals surface area contributed by atoms with Crippen LogP contribution in [0.15, 0.2) is 24.3 Å². The lowest BCUT2D eigenvalue weighted by Gasteiger charge is -2.16. The van der Waals surface area contributed by atoms with Crippen molar-refractivity contribution in [1.29, 1.82) is 0 Å². The summed E-state index contributed by atoms with van der Waals surface area (Å²) in [5.74, 6) is -2.38. The fraction of sp³-hybridized carbons (Fsp3) is 0.333. The number of rotatable bonds is 9. The SMILES string of the molecule is CCOC(=O)c1c(O)c(OCOP(=O)(O)O)c(C(=O)N(C)C)n1-c1ccc(OC)cc1. The van der Waals surface area contributed by atoms with Gasteiger partial charge in [0.1, 0.15) is 5.75 Å². The molecule has 0 unspecified atom stereocenters. The molecule has 31 heavy (non-hydrogen) atoms. The fourth-order valence-electron chi connectivity index (χ4n) is 2.61. The molecule has 13 heteroatoms. The highest BCUT2D eigenvalue weighted by Gasteiger charge is 2.34. The Kier molecular flexibility index (Phi) is 7.69. The maximum Gasteiger partial charge on any atom is 0.472 e. The van der Waals surface area contributed by atoms with E-state index >= 15 is 0 Å². The van der Waals surface area contributed by atoms with E-state index in [1.165, 1.54) is 38.2 Å². The third-order valence-corrected chi connectivity index (χ3v) is 4.38. The second-order valence-electron chi connectivity index (χ2n) is 6.21. The van der Waals surface area contributed by atoms with E-state index in [1.807, 2.05) is 0 Å². The third kappa shape index (κ3) is 5.56. The van der Waals surface area contributed by atoms with E-state index in [1.54, 1.807) is 19.1 Å². The van der Waals surface area contributed by atoms with Crippen molar-refractivity contribution in [2.24, 2.45) is 0 Å². The highest BCUT2D eigenvalue weighted by molar-refractivity contribution is 7.46. The van der Waals surface area contributed by atoms with Gasteiger partial charge in [0.2, 0.25) is 6.79 Å². The molecule has 0 bridgehead atoms. The highest BCUT2D eigenvalue weighted by Crippen LogP contribution is 2.42. The lowest BCUT2D eigenvalue weighted by molar-refractivity contribution is 0.0510. The van der Waals surface area contributed by atoms with Gasteiger partial charge in [-0.25, -0.2) is 13.9 Å². The lowest BCUT2D eigenvalue weighted by Crippen LogP contribution is -2.26. The number of hydrogen-bond acceptors (Lipinski definition) is 8. The molecule has 3 N–H and O–H groups in total. The molecule has 2 rings (SSSR count). The topological polar surface area (TPSA) is 157 Å². The van der Waals surface area contributed by atoms with E-state index in [0.717, 1.165) is 4.57 Å². The number of esters is 1. The first kappa shape index (κ1) is 24.2. The summed E-state index contributed by atoms with van der Waals surface area (Å²) < 4.78 is 31.6. The van der Waals surface area contributed by atoms with Crippen LogP contribution in [0.2, 0.25) is 0 Å². The minimum Gasteiger partial charge on any atom is -0.503 e. The van der Waals surface area contributed by atoms with Crippen LogP contribution >= 0.6 is 7.82 Å². The minimum atomic E-state index is -4.89. The summed E-state index contributed by atoms with van der Waals surface area (Å²) in [6, 6.07) is 6.21. The van der Waals surface area contributed by atoms with Crippen LogP contribution in [0, 0.1) is 0 Å².